The Balaban J connectivity index is 2.21. The van der Waals surface area contributed by atoms with Crippen LogP contribution in [0.15, 0.2) is 18.2 Å². The lowest BCUT2D eigenvalue weighted by molar-refractivity contribution is 0.0277. The number of hydrogen-bond acceptors (Lipinski definition) is 4. The Morgan fingerprint density at radius 3 is 2.76 bits per heavy atom. The van der Waals surface area contributed by atoms with Crippen molar-refractivity contribution in [3.8, 4) is 11.5 Å². The van der Waals surface area contributed by atoms with Crippen molar-refractivity contribution < 1.29 is 14.6 Å². The van der Waals surface area contributed by atoms with Gasteiger partial charge in [0.25, 0.3) is 0 Å². The Hall–Kier alpha value is -1.26. The third-order valence-electron chi connectivity index (χ3n) is 3.48. The maximum Gasteiger partial charge on any atom is 0.128 e. The second-order valence-electron chi connectivity index (χ2n) is 6.98. The van der Waals surface area contributed by atoms with Crippen molar-refractivity contribution in [2.75, 3.05) is 13.2 Å². The molecule has 4 heteroatoms. The van der Waals surface area contributed by atoms with Crippen molar-refractivity contribution in [2.45, 2.75) is 58.3 Å². The van der Waals surface area contributed by atoms with Crippen LogP contribution in [0.2, 0.25) is 0 Å². The molecule has 0 bridgehead atoms. The summed E-state index contributed by atoms with van der Waals surface area (Å²) in [6.45, 7) is 11.0. The van der Waals surface area contributed by atoms with Crippen LogP contribution >= 0.6 is 0 Å². The fourth-order valence-corrected chi connectivity index (χ4v) is 2.61. The van der Waals surface area contributed by atoms with Gasteiger partial charge in [0, 0.05) is 24.1 Å². The van der Waals surface area contributed by atoms with Gasteiger partial charge in [0.2, 0.25) is 0 Å². The van der Waals surface area contributed by atoms with E-state index in [2.05, 4.69) is 32.2 Å². The molecule has 4 nitrogen and oxygen atoms in total. The first kappa shape index (κ1) is 16.1. The average Bonchev–Trinajstić information content (AvgIpc) is 2.34. The summed E-state index contributed by atoms with van der Waals surface area (Å²) in [6, 6.07) is 6.22. The summed E-state index contributed by atoms with van der Waals surface area (Å²) in [5, 5.41) is 13.3. The van der Waals surface area contributed by atoms with Gasteiger partial charge < -0.3 is 19.9 Å². The molecular formula is C17H27NO3. The van der Waals surface area contributed by atoms with Crippen LogP contribution in [0.4, 0.5) is 0 Å². The van der Waals surface area contributed by atoms with E-state index in [-0.39, 0.29) is 12.2 Å². The van der Waals surface area contributed by atoms with Crippen LogP contribution in [-0.2, 0) is 0 Å². The molecule has 0 aromatic heterocycles. The molecule has 1 atom stereocenters. The molecule has 1 aliphatic heterocycles. The third-order valence-corrected chi connectivity index (χ3v) is 3.48. The van der Waals surface area contributed by atoms with Gasteiger partial charge in [-0.1, -0.05) is 13.0 Å². The quantitative estimate of drug-likeness (QED) is 0.876. The fourth-order valence-electron chi connectivity index (χ4n) is 2.61. The number of fused-ring (bicyclic) bond motifs is 1. The van der Waals surface area contributed by atoms with Crippen molar-refractivity contribution in [3.05, 3.63) is 23.8 Å². The molecule has 2 rings (SSSR count). The molecule has 21 heavy (non-hydrogen) atoms. The second kappa shape index (κ2) is 5.85. The molecule has 118 valence electrons. The standard InChI is InChI=1S/C17H27NO3/c1-6-18-14-10-17(4,5)21-15-9-12(7-8-13(14)15)20-11-16(2,3)19/h7-9,14,18-19H,6,10-11H2,1-5H3. The monoisotopic (exact) mass is 293 g/mol. The van der Waals surface area contributed by atoms with Crippen molar-refractivity contribution >= 4 is 0 Å². The predicted octanol–water partition coefficient (Wildman–Crippen LogP) is 3.05. The van der Waals surface area contributed by atoms with E-state index in [1.54, 1.807) is 13.8 Å². The van der Waals surface area contributed by atoms with Crippen LogP contribution < -0.4 is 14.8 Å². The van der Waals surface area contributed by atoms with Gasteiger partial charge in [-0.05, 0) is 40.3 Å². The lowest BCUT2D eigenvalue weighted by atomic mass is 9.89. The minimum Gasteiger partial charge on any atom is -0.490 e. The molecular weight excluding hydrogens is 266 g/mol. The fraction of sp³-hybridized carbons (Fsp3) is 0.647. The van der Waals surface area contributed by atoms with Gasteiger partial charge in [-0.15, -0.1) is 0 Å². The highest BCUT2D eigenvalue weighted by Gasteiger charge is 2.33. The minimum absolute atomic E-state index is 0.200. The highest BCUT2D eigenvalue weighted by molar-refractivity contribution is 5.44. The van der Waals surface area contributed by atoms with E-state index in [0.717, 1.165) is 24.5 Å². The molecule has 0 fully saturated rings. The molecule has 1 heterocycles. The zero-order chi connectivity index (χ0) is 15.7. The Kier molecular flexibility index (Phi) is 4.49. The third kappa shape index (κ3) is 4.35. The first-order valence-electron chi connectivity index (χ1n) is 7.62. The van der Waals surface area contributed by atoms with E-state index in [4.69, 9.17) is 9.47 Å². The van der Waals surface area contributed by atoms with Gasteiger partial charge >= 0.3 is 0 Å². The van der Waals surface area contributed by atoms with E-state index < -0.39 is 5.60 Å². The lowest BCUT2D eigenvalue weighted by Crippen LogP contribution is -2.39. The van der Waals surface area contributed by atoms with Crippen LogP contribution in [0.1, 0.15) is 52.6 Å². The molecule has 1 unspecified atom stereocenters. The lowest BCUT2D eigenvalue weighted by Gasteiger charge is -2.38. The zero-order valence-electron chi connectivity index (χ0n) is 13.7. The molecule has 0 radical (unpaired) electrons. The van der Waals surface area contributed by atoms with Crippen LogP contribution in [0.3, 0.4) is 0 Å². The van der Waals surface area contributed by atoms with Crippen molar-refractivity contribution in [1.82, 2.24) is 5.32 Å². The minimum atomic E-state index is -0.845. The first-order chi connectivity index (χ1) is 9.70. The summed E-state index contributed by atoms with van der Waals surface area (Å²) < 4.78 is 11.7. The average molecular weight is 293 g/mol. The van der Waals surface area contributed by atoms with Gasteiger partial charge in [-0.3, -0.25) is 0 Å². The molecule has 0 aliphatic carbocycles. The van der Waals surface area contributed by atoms with Gasteiger partial charge in [-0.25, -0.2) is 0 Å². The number of aliphatic hydroxyl groups is 1. The highest BCUT2D eigenvalue weighted by atomic mass is 16.5. The number of hydrogen-bond donors (Lipinski definition) is 2. The summed E-state index contributed by atoms with van der Waals surface area (Å²) in [5.41, 5.74) is 0.128. The molecule has 2 N–H and O–H groups in total. The number of benzene rings is 1. The Morgan fingerprint density at radius 1 is 1.43 bits per heavy atom. The number of nitrogens with one attached hydrogen (secondary N) is 1. The Bertz CT molecular complexity index is 491. The van der Waals surface area contributed by atoms with E-state index in [1.807, 2.05) is 12.1 Å². The van der Waals surface area contributed by atoms with Crippen molar-refractivity contribution in [3.63, 3.8) is 0 Å². The SMILES string of the molecule is CCNC1CC(C)(C)Oc2cc(OCC(C)(C)O)ccc21. The molecule has 1 aliphatic rings. The van der Waals surface area contributed by atoms with Crippen LogP contribution in [0, 0.1) is 0 Å². The molecule has 1 aromatic rings. The van der Waals surface area contributed by atoms with E-state index >= 15 is 0 Å². The largest absolute Gasteiger partial charge is 0.490 e. The van der Waals surface area contributed by atoms with Gasteiger partial charge in [0.05, 0.1) is 5.60 Å². The maximum atomic E-state index is 9.75. The smallest absolute Gasteiger partial charge is 0.128 e. The second-order valence-corrected chi connectivity index (χ2v) is 6.98. The highest BCUT2D eigenvalue weighted by Crippen LogP contribution is 2.41. The maximum absolute atomic E-state index is 9.75. The molecule has 0 spiro atoms. The topological polar surface area (TPSA) is 50.7 Å². The molecule has 0 amide bonds. The number of ether oxygens (including phenoxy) is 2. The summed E-state index contributed by atoms with van der Waals surface area (Å²) >= 11 is 0. The Morgan fingerprint density at radius 2 is 2.14 bits per heavy atom. The molecule has 0 saturated carbocycles. The van der Waals surface area contributed by atoms with E-state index in [1.165, 1.54) is 5.56 Å². The van der Waals surface area contributed by atoms with Crippen LogP contribution in [0.25, 0.3) is 0 Å². The summed E-state index contributed by atoms with van der Waals surface area (Å²) in [5.74, 6) is 1.59. The van der Waals surface area contributed by atoms with Gasteiger partial charge in [0.15, 0.2) is 0 Å². The van der Waals surface area contributed by atoms with Gasteiger partial charge in [0.1, 0.15) is 23.7 Å². The zero-order valence-corrected chi connectivity index (χ0v) is 13.7. The van der Waals surface area contributed by atoms with Gasteiger partial charge in [-0.2, -0.15) is 0 Å². The molecule has 1 aromatic carbocycles. The molecule has 0 saturated heterocycles. The van der Waals surface area contributed by atoms with E-state index in [9.17, 15) is 5.11 Å². The van der Waals surface area contributed by atoms with E-state index in [0.29, 0.717) is 6.04 Å². The normalized spacial score (nSPS) is 20.6. The number of rotatable bonds is 5. The summed E-state index contributed by atoms with van der Waals surface area (Å²) in [4.78, 5) is 0. The summed E-state index contributed by atoms with van der Waals surface area (Å²) in [6.07, 6.45) is 0.942. The van der Waals surface area contributed by atoms with Crippen LogP contribution in [-0.4, -0.2) is 29.5 Å². The predicted molar refractivity (Wildman–Crippen MR) is 84.0 cm³/mol. The van der Waals surface area contributed by atoms with Crippen molar-refractivity contribution in [2.24, 2.45) is 0 Å². The summed E-state index contributed by atoms with van der Waals surface area (Å²) in [7, 11) is 0. The Labute approximate surface area is 127 Å². The van der Waals surface area contributed by atoms with Crippen LogP contribution in [0.5, 0.6) is 11.5 Å². The first-order valence-corrected chi connectivity index (χ1v) is 7.62. The van der Waals surface area contributed by atoms with Crippen molar-refractivity contribution in [1.29, 1.82) is 0 Å².